The number of hydrogen-bond donors (Lipinski definition) is 0. The lowest BCUT2D eigenvalue weighted by Gasteiger charge is -2.19. The monoisotopic (exact) mass is 238 g/mol. The van der Waals surface area contributed by atoms with Crippen LogP contribution in [-0.4, -0.2) is 0 Å². The molecule has 0 aliphatic rings. The summed E-state index contributed by atoms with van der Waals surface area (Å²) in [6.45, 7) is 4.17. The Balaban J connectivity index is 3.24. The standard InChI is InChI=1S/C16H18N2/c1-3-8-16(14(11-17)12-18)15(4-2)13-9-6-5-7-10-13/h5-7,9-10,15H,3-4,8H2,1-2H3. The van der Waals surface area contributed by atoms with Crippen molar-refractivity contribution >= 4 is 0 Å². The second-order valence-corrected chi connectivity index (χ2v) is 4.25. The Morgan fingerprint density at radius 1 is 1.11 bits per heavy atom. The van der Waals surface area contributed by atoms with Gasteiger partial charge in [-0.2, -0.15) is 10.5 Å². The molecule has 0 N–H and O–H groups in total. The predicted molar refractivity (Wildman–Crippen MR) is 72.6 cm³/mol. The average molecular weight is 238 g/mol. The van der Waals surface area contributed by atoms with Crippen LogP contribution in [0.15, 0.2) is 41.5 Å². The first-order chi connectivity index (χ1) is 8.78. The van der Waals surface area contributed by atoms with Gasteiger partial charge < -0.3 is 0 Å². The third-order valence-corrected chi connectivity index (χ3v) is 3.09. The van der Waals surface area contributed by atoms with Crippen LogP contribution in [0.5, 0.6) is 0 Å². The molecule has 0 fully saturated rings. The van der Waals surface area contributed by atoms with Crippen molar-refractivity contribution in [1.82, 2.24) is 0 Å². The van der Waals surface area contributed by atoms with Crippen molar-refractivity contribution in [2.75, 3.05) is 0 Å². The maximum atomic E-state index is 9.08. The summed E-state index contributed by atoms with van der Waals surface area (Å²) in [5.74, 6) is 0.181. The molecule has 0 bridgehead atoms. The molecule has 1 rings (SSSR count). The lowest BCUT2D eigenvalue weighted by atomic mass is 9.84. The van der Waals surface area contributed by atoms with Crippen LogP contribution in [0.4, 0.5) is 0 Å². The Hall–Kier alpha value is -2.06. The SMILES string of the molecule is CCCC(=C(C#N)C#N)C(CC)c1ccccc1. The highest BCUT2D eigenvalue weighted by atomic mass is 14.3. The van der Waals surface area contributed by atoms with E-state index in [1.807, 2.05) is 30.3 Å². The second kappa shape index (κ2) is 7.30. The molecule has 0 spiro atoms. The van der Waals surface area contributed by atoms with E-state index in [9.17, 15) is 0 Å². The Bertz CT molecular complexity index is 470. The zero-order chi connectivity index (χ0) is 13.4. The Morgan fingerprint density at radius 3 is 2.17 bits per heavy atom. The molecule has 18 heavy (non-hydrogen) atoms. The first-order valence-electron chi connectivity index (χ1n) is 6.36. The highest BCUT2D eigenvalue weighted by Crippen LogP contribution is 2.32. The fourth-order valence-corrected chi connectivity index (χ4v) is 2.28. The fraction of sp³-hybridized carbons (Fsp3) is 0.375. The van der Waals surface area contributed by atoms with Gasteiger partial charge in [0.2, 0.25) is 0 Å². The molecule has 0 radical (unpaired) electrons. The van der Waals surface area contributed by atoms with Crippen LogP contribution in [-0.2, 0) is 0 Å². The van der Waals surface area contributed by atoms with Crippen LogP contribution in [0.3, 0.4) is 0 Å². The lowest BCUT2D eigenvalue weighted by molar-refractivity contribution is 0.701. The summed E-state index contributed by atoms with van der Waals surface area (Å²) in [5.41, 5.74) is 2.45. The van der Waals surface area contributed by atoms with Gasteiger partial charge in [0.1, 0.15) is 17.7 Å². The van der Waals surface area contributed by atoms with Gasteiger partial charge in [0.15, 0.2) is 0 Å². The molecule has 0 heterocycles. The minimum absolute atomic E-state index is 0.181. The van der Waals surface area contributed by atoms with Crippen molar-refractivity contribution in [2.45, 2.75) is 39.0 Å². The molecule has 1 aromatic carbocycles. The van der Waals surface area contributed by atoms with Crippen LogP contribution in [0, 0.1) is 22.7 Å². The minimum Gasteiger partial charge on any atom is -0.192 e. The highest BCUT2D eigenvalue weighted by Gasteiger charge is 2.18. The predicted octanol–water partition coefficient (Wildman–Crippen LogP) is 4.32. The summed E-state index contributed by atoms with van der Waals surface area (Å²) >= 11 is 0. The molecular formula is C16H18N2. The molecular weight excluding hydrogens is 220 g/mol. The summed E-state index contributed by atoms with van der Waals surface area (Å²) in [4.78, 5) is 0. The number of rotatable bonds is 5. The third-order valence-electron chi connectivity index (χ3n) is 3.09. The van der Waals surface area contributed by atoms with Gasteiger partial charge in [0.25, 0.3) is 0 Å². The van der Waals surface area contributed by atoms with Gasteiger partial charge in [-0.3, -0.25) is 0 Å². The largest absolute Gasteiger partial charge is 0.192 e. The zero-order valence-electron chi connectivity index (χ0n) is 11.0. The quantitative estimate of drug-likeness (QED) is 0.717. The van der Waals surface area contributed by atoms with E-state index in [1.54, 1.807) is 0 Å². The number of hydrogen-bond acceptors (Lipinski definition) is 2. The van der Waals surface area contributed by atoms with Crippen LogP contribution < -0.4 is 0 Å². The molecule has 92 valence electrons. The first kappa shape index (κ1) is 14.0. The van der Waals surface area contributed by atoms with Crippen molar-refractivity contribution in [3.8, 4) is 12.1 Å². The topological polar surface area (TPSA) is 47.6 Å². The van der Waals surface area contributed by atoms with E-state index >= 15 is 0 Å². The van der Waals surface area contributed by atoms with E-state index in [4.69, 9.17) is 10.5 Å². The molecule has 1 aromatic rings. The number of nitrogens with zero attached hydrogens (tertiary/aromatic N) is 2. The van der Waals surface area contributed by atoms with Gasteiger partial charge in [-0.1, -0.05) is 50.6 Å². The van der Waals surface area contributed by atoms with Crippen LogP contribution in [0.2, 0.25) is 0 Å². The van der Waals surface area contributed by atoms with E-state index < -0.39 is 0 Å². The van der Waals surface area contributed by atoms with Crippen molar-refractivity contribution < 1.29 is 0 Å². The van der Waals surface area contributed by atoms with Crippen molar-refractivity contribution in [3.63, 3.8) is 0 Å². The summed E-state index contributed by atoms with van der Waals surface area (Å²) in [7, 11) is 0. The number of nitriles is 2. The van der Waals surface area contributed by atoms with Gasteiger partial charge in [0, 0.05) is 5.92 Å². The smallest absolute Gasteiger partial charge is 0.129 e. The lowest BCUT2D eigenvalue weighted by Crippen LogP contribution is -2.04. The first-order valence-corrected chi connectivity index (χ1v) is 6.36. The molecule has 0 amide bonds. The molecule has 1 unspecified atom stereocenters. The van der Waals surface area contributed by atoms with Gasteiger partial charge >= 0.3 is 0 Å². The van der Waals surface area contributed by atoms with Crippen molar-refractivity contribution in [1.29, 1.82) is 10.5 Å². The maximum absolute atomic E-state index is 9.08. The highest BCUT2D eigenvalue weighted by molar-refractivity contribution is 5.45. The summed E-state index contributed by atoms with van der Waals surface area (Å²) in [6.07, 6.45) is 2.67. The Morgan fingerprint density at radius 2 is 1.72 bits per heavy atom. The van der Waals surface area contributed by atoms with Crippen LogP contribution in [0.25, 0.3) is 0 Å². The normalized spacial score (nSPS) is 11.1. The molecule has 1 atom stereocenters. The molecule has 2 heteroatoms. The molecule has 0 aromatic heterocycles. The van der Waals surface area contributed by atoms with Crippen LogP contribution in [0.1, 0.15) is 44.6 Å². The average Bonchev–Trinajstić information content (AvgIpc) is 2.42. The molecule has 0 aliphatic heterocycles. The van der Waals surface area contributed by atoms with E-state index in [1.165, 1.54) is 5.56 Å². The van der Waals surface area contributed by atoms with Crippen molar-refractivity contribution in [2.24, 2.45) is 0 Å². The van der Waals surface area contributed by atoms with E-state index in [0.717, 1.165) is 24.8 Å². The number of allylic oxidation sites excluding steroid dienone is 2. The molecule has 0 saturated carbocycles. The Kier molecular flexibility index (Phi) is 5.68. The van der Waals surface area contributed by atoms with E-state index in [0.29, 0.717) is 0 Å². The van der Waals surface area contributed by atoms with Gasteiger partial charge in [-0.05, 0) is 24.0 Å². The zero-order valence-corrected chi connectivity index (χ0v) is 11.0. The summed E-state index contributed by atoms with van der Waals surface area (Å²) in [6, 6.07) is 14.2. The summed E-state index contributed by atoms with van der Waals surface area (Å²) in [5, 5.41) is 18.2. The fourth-order valence-electron chi connectivity index (χ4n) is 2.28. The minimum atomic E-state index is 0.181. The van der Waals surface area contributed by atoms with Crippen molar-refractivity contribution in [3.05, 3.63) is 47.0 Å². The Labute approximate surface area is 109 Å². The van der Waals surface area contributed by atoms with Gasteiger partial charge in [0.05, 0.1) is 0 Å². The number of benzene rings is 1. The second-order valence-electron chi connectivity index (χ2n) is 4.25. The van der Waals surface area contributed by atoms with Gasteiger partial charge in [-0.25, -0.2) is 0 Å². The van der Waals surface area contributed by atoms with E-state index in [2.05, 4.69) is 26.0 Å². The molecule has 0 aliphatic carbocycles. The summed E-state index contributed by atoms with van der Waals surface area (Å²) < 4.78 is 0. The van der Waals surface area contributed by atoms with E-state index in [-0.39, 0.29) is 11.5 Å². The van der Waals surface area contributed by atoms with Crippen LogP contribution >= 0.6 is 0 Å². The maximum Gasteiger partial charge on any atom is 0.129 e. The van der Waals surface area contributed by atoms with Gasteiger partial charge in [-0.15, -0.1) is 0 Å². The molecule has 2 nitrogen and oxygen atoms in total. The molecule has 0 saturated heterocycles. The third kappa shape index (κ3) is 3.22.